The summed E-state index contributed by atoms with van der Waals surface area (Å²) in [6.45, 7) is 5.40. The number of nitrogens with zero attached hydrogens (tertiary/aromatic N) is 3. The number of benzene rings is 1. The van der Waals surface area contributed by atoms with Gasteiger partial charge in [0.15, 0.2) is 0 Å². The van der Waals surface area contributed by atoms with Crippen LogP contribution in [0.3, 0.4) is 0 Å². The molecule has 1 heterocycles. The number of rotatable bonds is 1. The lowest BCUT2D eigenvalue weighted by molar-refractivity contribution is 0.0522. The topological polar surface area (TPSA) is 67.9 Å². The Kier molecular flexibility index (Phi) is 3.26. The number of para-hydroxylation sites is 1. The predicted octanol–water partition coefficient (Wildman–Crippen LogP) is 2.89. The van der Waals surface area contributed by atoms with E-state index in [4.69, 9.17) is 10.00 Å². The summed E-state index contributed by atoms with van der Waals surface area (Å²) in [5.41, 5.74) is 0.658. The average Bonchev–Trinajstić information content (AvgIpc) is 2.67. The quantitative estimate of drug-likeness (QED) is 0.787. The summed E-state index contributed by atoms with van der Waals surface area (Å²) in [5.74, 6) is 0. The zero-order valence-electron chi connectivity index (χ0n) is 11.2. The lowest BCUT2D eigenvalue weighted by atomic mass is 10.2. The van der Waals surface area contributed by atoms with Crippen molar-refractivity contribution in [1.82, 2.24) is 9.78 Å². The molecule has 19 heavy (non-hydrogen) atoms. The second-order valence-corrected chi connectivity index (χ2v) is 5.19. The molecule has 1 aromatic carbocycles. The summed E-state index contributed by atoms with van der Waals surface area (Å²) >= 11 is 0. The number of hydrogen-bond donors (Lipinski definition) is 0. The standard InChI is InChI=1S/C14H15N3O2/c1-14(2,3)19-13(18)17-12-7-5-4-6-10(12)11(16-17)8-9-15/h4-7H,8H2,1-3H3. The van der Waals surface area contributed by atoms with Crippen molar-refractivity contribution >= 4 is 17.0 Å². The van der Waals surface area contributed by atoms with Gasteiger partial charge in [-0.25, -0.2) is 4.79 Å². The highest BCUT2D eigenvalue weighted by molar-refractivity contribution is 5.89. The van der Waals surface area contributed by atoms with E-state index in [0.717, 1.165) is 5.39 Å². The van der Waals surface area contributed by atoms with Crippen molar-refractivity contribution in [2.75, 3.05) is 0 Å². The van der Waals surface area contributed by atoms with Gasteiger partial charge in [-0.2, -0.15) is 15.0 Å². The Bertz CT molecular complexity index is 659. The summed E-state index contributed by atoms with van der Waals surface area (Å²) in [6.07, 6.45) is -0.371. The van der Waals surface area contributed by atoms with Gasteiger partial charge in [-0.1, -0.05) is 18.2 Å². The molecule has 1 aromatic heterocycles. The second-order valence-electron chi connectivity index (χ2n) is 5.19. The van der Waals surface area contributed by atoms with E-state index in [-0.39, 0.29) is 6.42 Å². The maximum Gasteiger partial charge on any atom is 0.435 e. The molecule has 0 aliphatic rings. The summed E-state index contributed by atoms with van der Waals surface area (Å²) in [5, 5.41) is 13.8. The fraction of sp³-hybridized carbons (Fsp3) is 0.357. The minimum Gasteiger partial charge on any atom is -0.442 e. The maximum atomic E-state index is 12.1. The molecular formula is C14H15N3O2. The van der Waals surface area contributed by atoms with Crippen LogP contribution in [0.5, 0.6) is 0 Å². The minimum atomic E-state index is -0.584. The fourth-order valence-corrected chi connectivity index (χ4v) is 1.78. The Morgan fingerprint density at radius 2 is 2.11 bits per heavy atom. The van der Waals surface area contributed by atoms with Crippen LogP contribution in [0.4, 0.5) is 4.79 Å². The van der Waals surface area contributed by atoms with E-state index >= 15 is 0 Å². The zero-order chi connectivity index (χ0) is 14.0. The van der Waals surface area contributed by atoms with Gasteiger partial charge in [-0.05, 0) is 26.8 Å². The molecule has 0 bridgehead atoms. The van der Waals surface area contributed by atoms with Crippen LogP contribution in [0.1, 0.15) is 26.5 Å². The number of aromatic nitrogens is 2. The van der Waals surface area contributed by atoms with Crippen LogP contribution in [-0.2, 0) is 11.2 Å². The summed E-state index contributed by atoms with van der Waals surface area (Å²) < 4.78 is 6.52. The Labute approximate surface area is 111 Å². The maximum absolute atomic E-state index is 12.1. The molecule has 0 N–H and O–H groups in total. The largest absolute Gasteiger partial charge is 0.442 e. The number of carbonyl (C=O) groups is 1. The van der Waals surface area contributed by atoms with Crippen LogP contribution >= 0.6 is 0 Å². The van der Waals surface area contributed by atoms with Crippen molar-refractivity contribution in [1.29, 1.82) is 5.26 Å². The van der Waals surface area contributed by atoms with E-state index in [9.17, 15) is 4.79 Å². The fourth-order valence-electron chi connectivity index (χ4n) is 1.78. The van der Waals surface area contributed by atoms with Crippen molar-refractivity contribution in [3.8, 4) is 6.07 Å². The van der Waals surface area contributed by atoms with Crippen molar-refractivity contribution in [3.05, 3.63) is 30.0 Å². The first-order valence-electron chi connectivity index (χ1n) is 5.99. The van der Waals surface area contributed by atoms with Gasteiger partial charge in [0.05, 0.1) is 23.7 Å². The molecule has 0 radical (unpaired) electrons. The van der Waals surface area contributed by atoms with Crippen LogP contribution in [0.15, 0.2) is 24.3 Å². The normalized spacial score (nSPS) is 11.3. The first-order valence-corrected chi connectivity index (χ1v) is 5.99. The average molecular weight is 257 g/mol. The van der Waals surface area contributed by atoms with E-state index in [1.165, 1.54) is 4.68 Å². The van der Waals surface area contributed by atoms with Gasteiger partial charge in [0.25, 0.3) is 0 Å². The highest BCUT2D eigenvalue weighted by Crippen LogP contribution is 2.20. The third kappa shape index (κ3) is 2.74. The zero-order valence-corrected chi connectivity index (χ0v) is 11.2. The van der Waals surface area contributed by atoms with Gasteiger partial charge in [0.1, 0.15) is 5.60 Å². The number of hydrogen-bond acceptors (Lipinski definition) is 4. The molecule has 0 amide bonds. The Morgan fingerprint density at radius 1 is 1.42 bits per heavy atom. The van der Waals surface area contributed by atoms with E-state index in [2.05, 4.69) is 5.10 Å². The van der Waals surface area contributed by atoms with Gasteiger partial charge in [-0.15, -0.1) is 0 Å². The highest BCUT2D eigenvalue weighted by atomic mass is 16.6. The molecular weight excluding hydrogens is 242 g/mol. The van der Waals surface area contributed by atoms with Gasteiger partial charge >= 0.3 is 6.09 Å². The smallest absolute Gasteiger partial charge is 0.435 e. The number of nitriles is 1. The van der Waals surface area contributed by atoms with Crippen LogP contribution in [-0.4, -0.2) is 21.5 Å². The van der Waals surface area contributed by atoms with E-state index < -0.39 is 11.7 Å². The van der Waals surface area contributed by atoms with Crippen LogP contribution in [0.2, 0.25) is 0 Å². The molecule has 5 nitrogen and oxygen atoms in total. The molecule has 2 aromatic rings. The Morgan fingerprint density at radius 3 is 2.74 bits per heavy atom. The SMILES string of the molecule is CC(C)(C)OC(=O)n1nc(CC#N)c2ccccc21. The van der Waals surface area contributed by atoms with Gasteiger partial charge in [0, 0.05) is 5.39 Å². The second kappa shape index (κ2) is 4.73. The Hall–Kier alpha value is -2.35. The molecule has 0 fully saturated rings. The molecule has 0 aliphatic carbocycles. The molecule has 2 rings (SSSR count). The lowest BCUT2D eigenvalue weighted by Crippen LogP contribution is -2.27. The highest BCUT2D eigenvalue weighted by Gasteiger charge is 2.21. The molecule has 0 aliphatic heterocycles. The van der Waals surface area contributed by atoms with Crippen molar-refractivity contribution in [3.63, 3.8) is 0 Å². The first kappa shape index (κ1) is 13.1. The van der Waals surface area contributed by atoms with Crippen LogP contribution < -0.4 is 0 Å². The molecule has 5 heteroatoms. The van der Waals surface area contributed by atoms with Gasteiger partial charge in [0.2, 0.25) is 0 Å². The molecule has 0 atom stereocenters. The van der Waals surface area contributed by atoms with E-state index in [0.29, 0.717) is 11.2 Å². The molecule has 98 valence electrons. The summed E-state index contributed by atoms with van der Waals surface area (Å²) in [4.78, 5) is 12.1. The number of ether oxygens (including phenoxy) is 1. The molecule has 0 saturated heterocycles. The van der Waals surface area contributed by atoms with Crippen molar-refractivity contribution < 1.29 is 9.53 Å². The Balaban J connectivity index is 2.49. The third-order valence-corrected chi connectivity index (χ3v) is 2.48. The third-order valence-electron chi connectivity index (χ3n) is 2.48. The van der Waals surface area contributed by atoms with Crippen molar-refractivity contribution in [2.45, 2.75) is 32.8 Å². The van der Waals surface area contributed by atoms with Crippen molar-refractivity contribution in [2.24, 2.45) is 0 Å². The van der Waals surface area contributed by atoms with E-state index in [1.807, 2.05) is 24.3 Å². The minimum absolute atomic E-state index is 0.163. The van der Waals surface area contributed by atoms with Gasteiger partial charge < -0.3 is 4.74 Å². The summed E-state index contributed by atoms with van der Waals surface area (Å²) in [7, 11) is 0. The van der Waals surface area contributed by atoms with E-state index in [1.54, 1.807) is 26.8 Å². The van der Waals surface area contributed by atoms with Gasteiger partial charge in [-0.3, -0.25) is 0 Å². The lowest BCUT2D eigenvalue weighted by Gasteiger charge is -2.19. The molecule has 0 spiro atoms. The van der Waals surface area contributed by atoms with Crippen LogP contribution in [0.25, 0.3) is 10.9 Å². The molecule has 0 saturated carbocycles. The number of fused-ring (bicyclic) bond motifs is 1. The first-order chi connectivity index (χ1) is 8.92. The monoisotopic (exact) mass is 257 g/mol. The molecule has 0 unspecified atom stereocenters. The number of carbonyl (C=O) groups excluding carboxylic acids is 1. The summed E-state index contributed by atoms with van der Waals surface area (Å²) in [6, 6.07) is 9.35. The predicted molar refractivity (Wildman–Crippen MR) is 70.7 cm³/mol. The van der Waals surface area contributed by atoms with Crippen LogP contribution in [0, 0.1) is 11.3 Å².